The molecule has 0 radical (unpaired) electrons. The van der Waals surface area contributed by atoms with Crippen LogP contribution in [0.2, 0.25) is 10.0 Å². The molecule has 116 valence electrons. The number of rotatable bonds is 6. The molecule has 0 unspecified atom stereocenters. The molecule has 4 nitrogen and oxygen atoms in total. The van der Waals surface area contributed by atoms with Crippen molar-refractivity contribution in [2.24, 2.45) is 0 Å². The fourth-order valence-corrected chi connectivity index (χ4v) is 2.81. The quantitative estimate of drug-likeness (QED) is 0.814. The lowest BCUT2D eigenvalue weighted by Gasteiger charge is -2.26. The largest absolute Gasteiger partial charge is 0.379 e. The number of benzene rings is 1. The number of nitrogens with zero attached hydrogens (tertiary/aromatic N) is 1. The minimum Gasteiger partial charge on any atom is -0.379 e. The number of amides is 1. The Hall–Kier alpha value is -0.810. The van der Waals surface area contributed by atoms with Crippen molar-refractivity contribution in [1.29, 1.82) is 0 Å². The van der Waals surface area contributed by atoms with Gasteiger partial charge in [0.15, 0.2) is 0 Å². The molecule has 6 heteroatoms. The van der Waals surface area contributed by atoms with Crippen molar-refractivity contribution in [2.45, 2.75) is 12.8 Å². The first-order valence-corrected chi connectivity index (χ1v) is 7.92. The molecule has 1 aromatic carbocycles. The van der Waals surface area contributed by atoms with Crippen LogP contribution >= 0.6 is 23.2 Å². The smallest absolute Gasteiger partial charge is 0.224 e. The first-order valence-electron chi connectivity index (χ1n) is 7.16. The van der Waals surface area contributed by atoms with Gasteiger partial charge in [-0.05, 0) is 30.7 Å². The van der Waals surface area contributed by atoms with E-state index < -0.39 is 0 Å². The highest BCUT2D eigenvalue weighted by Gasteiger charge is 2.12. The number of hydrogen-bond donors (Lipinski definition) is 1. The molecular formula is C15H20Cl2N2O2. The molecule has 0 spiro atoms. The van der Waals surface area contributed by atoms with E-state index in [1.807, 2.05) is 0 Å². The Morgan fingerprint density at radius 2 is 1.90 bits per heavy atom. The fraction of sp³-hybridized carbons (Fsp3) is 0.533. The van der Waals surface area contributed by atoms with E-state index in [4.69, 9.17) is 27.9 Å². The second kappa shape index (κ2) is 8.59. The zero-order chi connectivity index (χ0) is 15.1. The van der Waals surface area contributed by atoms with Crippen molar-refractivity contribution in [3.8, 4) is 0 Å². The highest BCUT2D eigenvalue weighted by molar-refractivity contribution is 6.36. The van der Waals surface area contributed by atoms with Gasteiger partial charge in [-0.3, -0.25) is 9.69 Å². The molecule has 1 amide bonds. The van der Waals surface area contributed by atoms with Crippen molar-refractivity contribution in [1.82, 2.24) is 10.2 Å². The minimum absolute atomic E-state index is 0.0491. The van der Waals surface area contributed by atoms with Gasteiger partial charge in [0.1, 0.15) is 0 Å². The van der Waals surface area contributed by atoms with Crippen LogP contribution in [0.1, 0.15) is 12.0 Å². The number of halogens is 2. The van der Waals surface area contributed by atoms with Gasteiger partial charge in [-0.25, -0.2) is 0 Å². The van der Waals surface area contributed by atoms with Crippen LogP contribution in [0.5, 0.6) is 0 Å². The predicted molar refractivity (Wildman–Crippen MR) is 85.1 cm³/mol. The second-order valence-electron chi connectivity index (χ2n) is 5.03. The maximum absolute atomic E-state index is 11.9. The van der Waals surface area contributed by atoms with E-state index in [2.05, 4.69) is 10.2 Å². The molecule has 1 aliphatic rings. The summed E-state index contributed by atoms with van der Waals surface area (Å²) in [7, 11) is 0. The lowest BCUT2D eigenvalue weighted by Crippen LogP contribution is -2.38. The molecule has 0 saturated carbocycles. The number of carbonyl (C=O) groups is 1. The Morgan fingerprint density at radius 1 is 1.24 bits per heavy atom. The van der Waals surface area contributed by atoms with Crippen molar-refractivity contribution in [3.05, 3.63) is 33.8 Å². The molecule has 21 heavy (non-hydrogen) atoms. The van der Waals surface area contributed by atoms with Crippen LogP contribution in [0, 0.1) is 0 Å². The van der Waals surface area contributed by atoms with Crippen molar-refractivity contribution < 1.29 is 9.53 Å². The molecule has 0 atom stereocenters. The second-order valence-corrected chi connectivity index (χ2v) is 5.85. The Kier molecular flexibility index (Phi) is 6.77. The number of ether oxygens (including phenoxy) is 1. The summed E-state index contributed by atoms with van der Waals surface area (Å²) in [5.74, 6) is -0.0491. The van der Waals surface area contributed by atoms with Crippen LogP contribution in [0.4, 0.5) is 0 Å². The summed E-state index contributed by atoms with van der Waals surface area (Å²) in [6.07, 6.45) is 1.15. The zero-order valence-electron chi connectivity index (χ0n) is 11.9. The Morgan fingerprint density at radius 3 is 2.57 bits per heavy atom. The zero-order valence-corrected chi connectivity index (χ0v) is 13.4. The van der Waals surface area contributed by atoms with E-state index in [0.717, 1.165) is 39.3 Å². The molecule has 1 fully saturated rings. The van der Waals surface area contributed by atoms with Crippen LogP contribution in [0.3, 0.4) is 0 Å². The first-order chi connectivity index (χ1) is 10.2. The van der Waals surface area contributed by atoms with Crippen LogP contribution in [0.15, 0.2) is 18.2 Å². The summed E-state index contributed by atoms with van der Waals surface area (Å²) in [5.41, 5.74) is 0.687. The molecule has 1 N–H and O–H groups in total. The molecule has 1 aliphatic heterocycles. The topological polar surface area (TPSA) is 41.6 Å². The molecule has 1 aromatic rings. The van der Waals surface area contributed by atoms with E-state index in [1.165, 1.54) is 0 Å². The standard InChI is InChI=1S/C15H20Cl2N2O2/c16-13-3-1-4-14(17)12(13)11-15(20)18-5-2-6-19-7-9-21-10-8-19/h1,3-4H,2,5-11H2,(H,18,20). The SMILES string of the molecule is O=C(Cc1c(Cl)cccc1Cl)NCCCN1CCOCC1. The molecule has 0 aromatic heterocycles. The van der Waals surface area contributed by atoms with Gasteiger partial charge in [-0.1, -0.05) is 29.3 Å². The summed E-state index contributed by atoms with van der Waals surface area (Å²) >= 11 is 12.1. The van der Waals surface area contributed by atoms with E-state index in [-0.39, 0.29) is 12.3 Å². The van der Waals surface area contributed by atoms with Gasteiger partial charge >= 0.3 is 0 Å². The van der Waals surface area contributed by atoms with Crippen molar-refractivity contribution >= 4 is 29.1 Å². The maximum Gasteiger partial charge on any atom is 0.224 e. The number of morpholine rings is 1. The van der Waals surface area contributed by atoms with Crippen LogP contribution in [0.25, 0.3) is 0 Å². The summed E-state index contributed by atoms with van der Waals surface area (Å²) in [5, 5.41) is 3.98. The van der Waals surface area contributed by atoms with Gasteiger partial charge in [0.2, 0.25) is 5.91 Å². The lowest BCUT2D eigenvalue weighted by molar-refractivity contribution is -0.120. The average molecular weight is 331 g/mol. The van der Waals surface area contributed by atoms with E-state index in [9.17, 15) is 4.79 Å². The highest BCUT2D eigenvalue weighted by atomic mass is 35.5. The molecule has 0 bridgehead atoms. The summed E-state index contributed by atoms with van der Waals surface area (Å²) in [4.78, 5) is 14.3. The Balaban J connectivity index is 1.67. The van der Waals surface area contributed by atoms with Crippen LogP contribution in [-0.4, -0.2) is 50.2 Å². The third kappa shape index (κ3) is 5.47. The minimum atomic E-state index is -0.0491. The third-order valence-corrected chi connectivity index (χ3v) is 4.18. The normalized spacial score (nSPS) is 15.9. The highest BCUT2D eigenvalue weighted by Crippen LogP contribution is 2.24. The van der Waals surface area contributed by atoms with Gasteiger partial charge in [-0.2, -0.15) is 0 Å². The van der Waals surface area contributed by atoms with Crippen LogP contribution < -0.4 is 5.32 Å². The van der Waals surface area contributed by atoms with Gasteiger partial charge in [-0.15, -0.1) is 0 Å². The number of carbonyl (C=O) groups excluding carboxylic acids is 1. The van der Waals surface area contributed by atoms with E-state index in [1.54, 1.807) is 18.2 Å². The lowest BCUT2D eigenvalue weighted by atomic mass is 10.1. The Bertz CT molecular complexity index is 456. The average Bonchev–Trinajstić information content (AvgIpc) is 2.49. The van der Waals surface area contributed by atoms with Gasteiger partial charge in [0.05, 0.1) is 19.6 Å². The summed E-state index contributed by atoms with van der Waals surface area (Å²) in [6.45, 7) is 5.20. The fourth-order valence-electron chi connectivity index (χ4n) is 2.28. The predicted octanol–water partition coefficient (Wildman–Crippen LogP) is 2.37. The maximum atomic E-state index is 11.9. The molecule has 1 heterocycles. The van der Waals surface area contributed by atoms with Gasteiger partial charge < -0.3 is 10.1 Å². The summed E-state index contributed by atoms with van der Waals surface area (Å²) in [6, 6.07) is 5.26. The van der Waals surface area contributed by atoms with Gasteiger partial charge in [0, 0.05) is 29.7 Å². The van der Waals surface area contributed by atoms with Gasteiger partial charge in [0.25, 0.3) is 0 Å². The van der Waals surface area contributed by atoms with Crippen molar-refractivity contribution in [2.75, 3.05) is 39.4 Å². The molecule has 1 saturated heterocycles. The monoisotopic (exact) mass is 330 g/mol. The summed E-state index contributed by atoms with van der Waals surface area (Å²) < 4.78 is 5.30. The number of hydrogen-bond acceptors (Lipinski definition) is 3. The molecule has 2 rings (SSSR count). The first kappa shape index (κ1) is 16.6. The van der Waals surface area contributed by atoms with Crippen LogP contribution in [-0.2, 0) is 16.0 Å². The molecule has 0 aliphatic carbocycles. The number of nitrogens with one attached hydrogen (secondary N) is 1. The third-order valence-electron chi connectivity index (χ3n) is 3.48. The van der Waals surface area contributed by atoms with E-state index in [0.29, 0.717) is 22.2 Å². The van der Waals surface area contributed by atoms with Crippen molar-refractivity contribution in [3.63, 3.8) is 0 Å². The Labute approximate surface area is 135 Å². The molecular weight excluding hydrogens is 311 g/mol. The van der Waals surface area contributed by atoms with E-state index >= 15 is 0 Å².